The number of aromatic nitrogens is 3. The second-order valence-corrected chi connectivity index (χ2v) is 8.01. The summed E-state index contributed by atoms with van der Waals surface area (Å²) < 4.78 is 0. The summed E-state index contributed by atoms with van der Waals surface area (Å²) in [4.78, 5) is 40.4. The number of carbonyl (C=O) groups excluding carboxylic acids is 1. The molecule has 0 aliphatic carbocycles. The van der Waals surface area contributed by atoms with Crippen LogP contribution in [0.15, 0.2) is 70.7 Å². The Balaban J connectivity index is 1.34. The van der Waals surface area contributed by atoms with Gasteiger partial charge in [0.15, 0.2) is 5.16 Å². The fraction of sp³-hybridized carbons (Fsp3) is 0.273. The van der Waals surface area contributed by atoms with Gasteiger partial charge < -0.3 is 14.8 Å². The number of H-pyrrole nitrogens is 1. The van der Waals surface area contributed by atoms with E-state index in [0.29, 0.717) is 29.7 Å². The van der Waals surface area contributed by atoms with E-state index in [-0.39, 0.29) is 17.9 Å². The molecule has 3 heterocycles. The maximum atomic E-state index is 12.7. The molecule has 0 bridgehead atoms. The van der Waals surface area contributed by atoms with E-state index in [0.717, 1.165) is 24.5 Å². The van der Waals surface area contributed by atoms with Crippen LogP contribution in [0.5, 0.6) is 0 Å². The molecule has 1 N–H and O–H groups in total. The van der Waals surface area contributed by atoms with Gasteiger partial charge in [-0.1, -0.05) is 48.2 Å². The summed E-state index contributed by atoms with van der Waals surface area (Å²) in [6.07, 6.45) is 1.91. The Bertz CT molecular complexity index is 1030. The Morgan fingerprint density at radius 2 is 1.80 bits per heavy atom. The number of piperazine rings is 1. The number of nitrogens with zero attached hydrogens (tertiary/aromatic N) is 4. The molecular formula is C22H23N5O2S. The number of hydrogen-bond acceptors (Lipinski definition) is 6. The van der Waals surface area contributed by atoms with E-state index in [1.165, 1.54) is 17.8 Å². The van der Waals surface area contributed by atoms with Crippen molar-refractivity contribution >= 4 is 23.5 Å². The Morgan fingerprint density at radius 1 is 1.03 bits per heavy atom. The highest BCUT2D eigenvalue weighted by Crippen LogP contribution is 2.18. The average molecular weight is 422 g/mol. The van der Waals surface area contributed by atoms with Gasteiger partial charge in [0, 0.05) is 44.2 Å². The molecule has 1 aliphatic rings. The van der Waals surface area contributed by atoms with Crippen molar-refractivity contribution in [3.8, 4) is 0 Å². The molecule has 0 unspecified atom stereocenters. The van der Waals surface area contributed by atoms with Crippen molar-refractivity contribution in [3.63, 3.8) is 0 Å². The number of thioether (sulfide) groups is 1. The SMILES string of the molecule is O=C(Cc1cc(=O)[nH]c(SCc2ccccc2)n1)N1CCN(c2ccccn2)CC1. The fourth-order valence-corrected chi connectivity index (χ4v) is 4.21. The van der Waals surface area contributed by atoms with E-state index in [1.807, 2.05) is 53.4 Å². The zero-order valence-electron chi connectivity index (χ0n) is 16.5. The summed E-state index contributed by atoms with van der Waals surface area (Å²) in [5, 5.41) is 0.536. The third kappa shape index (κ3) is 5.27. The van der Waals surface area contributed by atoms with Crippen LogP contribution in [-0.4, -0.2) is 51.9 Å². The third-order valence-corrected chi connectivity index (χ3v) is 5.87. The van der Waals surface area contributed by atoms with Crippen LogP contribution in [0, 0.1) is 0 Å². The zero-order valence-corrected chi connectivity index (χ0v) is 17.3. The van der Waals surface area contributed by atoms with Crippen LogP contribution in [0.2, 0.25) is 0 Å². The molecule has 154 valence electrons. The van der Waals surface area contributed by atoms with Gasteiger partial charge >= 0.3 is 0 Å². The summed E-state index contributed by atoms with van der Waals surface area (Å²) in [5.74, 6) is 1.63. The predicted molar refractivity (Wildman–Crippen MR) is 118 cm³/mol. The van der Waals surface area contributed by atoms with Crippen molar-refractivity contribution in [2.24, 2.45) is 0 Å². The first kappa shape index (κ1) is 20.2. The van der Waals surface area contributed by atoms with Crippen molar-refractivity contribution in [1.82, 2.24) is 19.9 Å². The molecule has 30 heavy (non-hydrogen) atoms. The largest absolute Gasteiger partial charge is 0.353 e. The lowest BCUT2D eigenvalue weighted by Gasteiger charge is -2.35. The second kappa shape index (κ2) is 9.58. The molecule has 1 aromatic carbocycles. The standard InChI is InChI=1S/C22H23N5O2S/c28-20-14-18(24-22(25-20)30-16-17-6-2-1-3-7-17)15-21(29)27-12-10-26(11-13-27)19-8-4-5-9-23-19/h1-9,14H,10-13,15-16H2,(H,24,25,28). The highest BCUT2D eigenvalue weighted by molar-refractivity contribution is 7.98. The minimum atomic E-state index is -0.233. The zero-order chi connectivity index (χ0) is 20.8. The number of carbonyl (C=O) groups is 1. The Hall–Kier alpha value is -3.13. The summed E-state index contributed by atoms with van der Waals surface area (Å²) >= 11 is 1.46. The molecule has 1 amide bonds. The molecule has 1 fully saturated rings. The lowest BCUT2D eigenvalue weighted by molar-refractivity contribution is -0.130. The van der Waals surface area contributed by atoms with Gasteiger partial charge in [-0.3, -0.25) is 9.59 Å². The molecule has 2 aromatic heterocycles. The van der Waals surface area contributed by atoms with Gasteiger partial charge in [0.25, 0.3) is 5.56 Å². The maximum Gasteiger partial charge on any atom is 0.251 e. The van der Waals surface area contributed by atoms with Gasteiger partial charge in [0.2, 0.25) is 5.91 Å². The number of nitrogens with one attached hydrogen (secondary N) is 1. The third-order valence-electron chi connectivity index (χ3n) is 4.93. The quantitative estimate of drug-likeness (QED) is 0.486. The molecule has 0 radical (unpaired) electrons. The van der Waals surface area contributed by atoms with Crippen molar-refractivity contribution < 1.29 is 4.79 Å². The molecule has 0 atom stereocenters. The topological polar surface area (TPSA) is 82.2 Å². The van der Waals surface area contributed by atoms with E-state index in [2.05, 4.69) is 19.9 Å². The van der Waals surface area contributed by atoms with Gasteiger partial charge in [-0.25, -0.2) is 9.97 Å². The smallest absolute Gasteiger partial charge is 0.251 e. The number of aromatic amines is 1. The molecule has 0 saturated carbocycles. The minimum absolute atomic E-state index is 0.00668. The number of amides is 1. The van der Waals surface area contributed by atoms with E-state index in [9.17, 15) is 9.59 Å². The number of pyridine rings is 1. The van der Waals surface area contributed by atoms with Crippen molar-refractivity contribution in [1.29, 1.82) is 0 Å². The molecule has 3 aromatic rings. The van der Waals surface area contributed by atoms with Crippen molar-refractivity contribution in [2.75, 3.05) is 31.1 Å². The molecule has 4 rings (SSSR count). The monoisotopic (exact) mass is 421 g/mol. The van der Waals surface area contributed by atoms with Crippen LogP contribution in [-0.2, 0) is 17.0 Å². The van der Waals surface area contributed by atoms with Crippen LogP contribution in [0.4, 0.5) is 5.82 Å². The number of benzene rings is 1. The van der Waals surface area contributed by atoms with Gasteiger partial charge in [-0.05, 0) is 17.7 Å². The van der Waals surface area contributed by atoms with E-state index < -0.39 is 0 Å². The molecule has 8 heteroatoms. The Labute approximate surface area is 179 Å². The van der Waals surface area contributed by atoms with Crippen LogP contribution < -0.4 is 10.5 Å². The maximum absolute atomic E-state index is 12.7. The average Bonchev–Trinajstić information content (AvgIpc) is 2.79. The highest BCUT2D eigenvalue weighted by Gasteiger charge is 2.22. The predicted octanol–water partition coefficient (Wildman–Crippen LogP) is 2.35. The van der Waals surface area contributed by atoms with Crippen molar-refractivity contribution in [2.45, 2.75) is 17.3 Å². The second-order valence-electron chi connectivity index (χ2n) is 7.05. The van der Waals surface area contributed by atoms with Crippen LogP contribution in [0.3, 0.4) is 0 Å². The van der Waals surface area contributed by atoms with E-state index in [4.69, 9.17) is 0 Å². The Morgan fingerprint density at radius 3 is 2.53 bits per heavy atom. The lowest BCUT2D eigenvalue weighted by atomic mass is 10.2. The number of anilines is 1. The first-order valence-electron chi connectivity index (χ1n) is 9.88. The molecule has 7 nitrogen and oxygen atoms in total. The van der Waals surface area contributed by atoms with E-state index >= 15 is 0 Å². The molecular weight excluding hydrogens is 398 g/mol. The lowest BCUT2D eigenvalue weighted by Crippen LogP contribution is -2.49. The first-order valence-corrected chi connectivity index (χ1v) is 10.9. The fourth-order valence-electron chi connectivity index (χ4n) is 3.36. The first-order chi connectivity index (χ1) is 14.7. The van der Waals surface area contributed by atoms with E-state index in [1.54, 1.807) is 6.20 Å². The minimum Gasteiger partial charge on any atom is -0.353 e. The van der Waals surface area contributed by atoms with Crippen LogP contribution in [0.25, 0.3) is 0 Å². The molecule has 0 spiro atoms. The van der Waals surface area contributed by atoms with Gasteiger partial charge in [-0.2, -0.15) is 0 Å². The van der Waals surface area contributed by atoms with Crippen LogP contribution >= 0.6 is 11.8 Å². The highest BCUT2D eigenvalue weighted by atomic mass is 32.2. The van der Waals surface area contributed by atoms with Gasteiger partial charge in [0.05, 0.1) is 12.1 Å². The Kier molecular flexibility index (Phi) is 6.44. The molecule has 1 aliphatic heterocycles. The number of hydrogen-bond donors (Lipinski definition) is 1. The van der Waals surface area contributed by atoms with Gasteiger partial charge in [-0.15, -0.1) is 0 Å². The number of rotatable bonds is 6. The summed E-state index contributed by atoms with van der Waals surface area (Å²) in [7, 11) is 0. The van der Waals surface area contributed by atoms with Crippen molar-refractivity contribution in [3.05, 3.63) is 82.4 Å². The normalized spacial score (nSPS) is 14.0. The van der Waals surface area contributed by atoms with Gasteiger partial charge in [0.1, 0.15) is 5.82 Å². The van der Waals surface area contributed by atoms with Crippen LogP contribution in [0.1, 0.15) is 11.3 Å². The molecule has 1 saturated heterocycles. The summed E-state index contributed by atoms with van der Waals surface area (Å²) in [5.41, 5.74) is 1.42. The summed E-state index contributed by atoms with van der Waals surface area (Å²) in [6, 6.07) is 17.2. The summed E-state index contributed by atoms with van der Waals surface area (Å²) in [6.45, 7) is 2.75.